The van der Waals surface area contributed by atoms with E-state index in [1.54, 1.807) is 7.11 Å². The summed E-state index contributed by atoms with van der Waals surface area (Å²) in [6.07, 6.45) is 6.58. The Morgan fingerprint density at radius 2 is 2.14 bits per heavy atom. The molecule has 0 spiro atoms. The van der Waals surface area contributed by atoms with E-state index in [4.69, 9.17) is 4.74 Å². The number of hydrogen-bond donors (Lipinski definition) is 2. The molecule has 0 atom stereocenters. The second-order valence-corrected chi connectivity index (χ2v) is 7.26. The summed E-state index contributed by atoms with van der Waals surface area (Å²) in [7, 11) is 1.62. The van der Waals surface area contributed by atoms with Gasteiger partial charge in [-0.1, -0.05) is 19.3 Å². The lowest BCUT2D eigenvalue weighted by Crippen LogP contribution is -2.39. The molecule has 1 aliphatic rings. The van der Waals surface area contributed by atoms with Gasteiger partial charge < -0.3 is 15.2 Å². The van der Waals surface area contributed by atoms with E-state index < -0.39 is 0 Å². The second kappa shape index (κ2) is 8.04. The molecule has 1 amide bonds. The number of methoxy groups -OCH3 is 1. The van der Waals surface area contributed by atoms with Gasteiger partial charge in [-0.15, -0.1) is 11.3 Å². The molecule has 0 unspecified atom stereocenters. The molecule has 0 aromatic carbocycles. The van der Waals surface area contributed by atoms with Crippen LogP contribution in [-0.2, 0) is 11.3 Å². The van der Waals surface area contributed by atoms with E-state index >= 15 is 0 Å². The van der Waals surface area contributed by atoms with Crippen molar-refractivity contribution in [3.63, 3.8) is 0 Å². The molecule has 0 aliphatic heterocycles. The average molecular weight is 326 g/mol. The fraction of sp³-hybridized carbons (Fsp3) is 0.750. The molecule has 1 aromatic heterocycles. The maximum Gasteiger partial charge on any atom is 0.263 e. The van der Waals surface area contributed by atoms with Crippen LogP contribution in [0.15, 0.2) is 0 Å². The molecular formula is C16H26N2O3S. The number of thiazole rings is 1. The zero-order chi connectivity index (χ0) is 16.0. The van der Waals surface area contributed by atoms with E-state index in [1.807, 2.05) is 6.92 Å². The SMILES string of the molecule is COCc1nc(C)c(C(=O)NCC2(CCO)CCCCC2)s1. The van der Waals surface area contributed by atoms with Crippen LogP contribution in [0.2, 0.25) is 0 Å². The quantitative estimate of drug-likeness (QED) is 0.808. The van der Waals surface area contributed by atoms with Gasteiger partial charge >= 0.3 is 0 Å². The Kier molecular flexibility index (Phi) is 6.35. The second-order valence-electron chi connectivity index (χ2n) is 6.17. The van der Waals surface area contributed by atoms with E-state index in [-0.39, 0.29) is 17.9 Å². The number of amides is 1. The minimum Gasteiger partial charge on any atom is -0.396 e. The van der Waals surface area contributed by atoms with Gasteiger partial charge in [-0.3, -0.25) is 4.79 Å². The highest BCUT2D eigenvalue weighted by molar-refractivity contribution is 7.13. The molecule has 22 heavy (non-hydrogen) atoms. The zero-order valence-electron chi connectivity index (χ0n) is 13.5. The Morgan fingerprint density at radius 3 is 2.77 bits per heavy atom. The van der Waals surface area contributed by atoms with Crippen LogP contribution in [0.4, 0.5) is 0 Å². The van der Waals surface area contributed by atoms with Crippen LogP contribution in [0.5, 0.6) is 0 Å². The summed E-state index contributed by atoms with van der Waals surface area (Å²) in [5, 5.41) is 13.2. The third-order valence-corrected chi connectivity index (χ3v) is 5.62. The number of aryl methyl sites for hydroxylation is 1. The first-order valence-electron chi connectivity index (χ1n) is 7.94. The first kappa shape index (κ1) is 17.4. The Balaban J connectivity index is 1.98. The minimum absolute atomic E-state index is 0.0553. The Bertz CT molecular complexity index is 490. The van der Waals surface area contributed by atoms with E-state index in [9.17, 15) is 9.90 Å². The molecule has 0 saturated heterocycles. The molecule has 1 fully saturated rings. The number of hydrogen-bond acceptors (Lipinski definition) is 5. The topological polar surface area (TPSA) is 71.5 Å². The standard InChI is InChI=1S/C16H26N2O3S/c1-12-14(22-13(18-12)10-21-2)15(20)17-11-16(8-9-19)6-4-3-5-7-16/h19H,3-11H2,1-2H3,(H,17,20). The molecule has 5 nitrogen and oxygen atoms in total. The summed E-state index contributed by atoms with van der Waals surface area (Å²) < 4.78 is 5.07. The van der Waals surface area contributed by atoms with Crippen LogP contribution in [0.1, 0.15) is 58.9 Å². The van der Waals surface area contributed by atoms with Gasteiger partial charge in [0.25, 0.3) is 5.91 Å². The van der Waals surface area contributed by atoms with Crippen molar-refractivity contribution in [3.05, 3.63) is 15.6 Å². The van der Waals surface area contributed by atoms with Crippen molar-refractivity contribution in [1.82, 2.24) is 10.3 Å². The minimum atomic E-state index is -0.0553. The monoisotopic (exact) mass is 326 g/mol. The smallest absolute Gasteiger partial charge is 0.263 e. The Labute approximate surface area is 136 Å². The Morgan fingerprint density at radius 1 is 1.41 bits per heavy atom. The molecule has 0 radical (unpaired) electrons. The molecule has 1 heterocycles. The van der Waals surface area contributed by atoms with E-state index in [1.165, 1.54) is 30.6 Å². The van der Waals surface area contributed by atoms with E-state index in [0.717, 1.165) is 30.0 Å². The highest BCUT2D eigenvalue weighted by atomic mass is 32.1. The maximum atomic E-state index is 12.4. The van der Waals surface area contributed by atoms with Crippen molar-refractivity contribution >= 4 is 17.2 Å². The summed E-state index contributed by atoms with van der Waals surface area (Å²) in [5.41, 5.74) is 0.825. The molecule has 2 N–H and O–H groups in total. The number of ether oxygens (including phenoxy) is 1. The third-order valence-electron chi connectivity index (χ3n) is 4.50. The van der Waals surface area contributed by atoms with Crippen molar-refractivity contribution in [2.24, 2.45) is 5.41 Å². The van der Waals surface area contributed by atoms with Crippen LogP contribution in [0, 0.1) is 12.3 Å². The van der Waals surface area contributed by atoms with Crippen molar-refractivity contribution in [2.45, 2.75) is 52.1 Å². The predicted octanol–water partition coefficient (Wildman–Crippen LogP) is 2.66. The summed E-state index contributed by atoms with van der Waals surface area (Å²) in [5.74, 6) is -0.0553. The normalized spacial score (nSPS) is 17.4. The number of nitrogens with one attached hydrogen (secondary N) is 1. The van der Waals surface area contributed by atoms with Gasteiger partial charge in [0.1, 0.15) is 9.88 Å². The summed E-state index contributed by atoms with van der Waals surface area (Å²) in [6, 6.07) is 0. The molecule has 2 rings (SSSR count). The number of rotatable bonds is 7. The van der Waals surface area contributed by atoms with Gasteiger partial charge in [0.2, 0.25) is 0 Å². The van der Waals surface area contributed by atoms with Crippen LogP contribution in [0.3, 0.4) is 0 Å². The first-order valence-corrected chi connectivity index (χ1v) is 8.76. The maximum absolute atomic E-state index is 12.4. The highest BCUT2D eigenvalue weighted by Crippen LogP contribution is 2.38. The Hall–Kier alpha value is -0.980. The lowest BCUT2D eigenvalue weighted by molar-refractivity contribution is 0.0872. The van der Waals surface area contributed by atoms with E-state index in [2.05, 4.69) is 10.3 Å². The van der Waals surface area contributed by atoms with Crippen LogP contribution in [-0.4, -0.2) is 36.3 Å². The number of aliphatic hydroxyl groups is 1. The number of aromatic nitrogens is 1. The lowest BCUT2D eigenvalue weighted by atomic mass is 9.72. The fourth-order valence-electron chi connectivity index (χ4n) is 3.25. The van der Waals surface area contributed by atoms with Gasteiger partial charge in [-0.05, 0) is 31.6 Å². The van der Waals surface area contributed by atoms with Crippen molar-refractivity contribution in [2.75, 3.05) is 20.3 Å². The van der Waals surface area contributed by atoms with E-state index in [0.29, 0.717) is 18.0 Å². The first-order chi connectivity index (χ1) is 10.6. The molecular weight excluding hydrogens is 300 g/mol. The molecule has 1 saturated carbocycles. The summed E-state index contributed by atoms with van der Waals surface area (Å²) >= 11 is 1.39. The molecule has 6 heteroatoms. The van der Waals surface area contributed by atoms with Crippen LogP contribution < -0.4 is 5.32 Å². The van der Waals surface area contributed by atoms with Gasteiger partial charge in [0, 0.05) is 20.3 Å². The number of nitrogens with zero attached hydrogens (tertiary/aromatic N) is 1. The number of aliphatic hydroxyl groups excluding tert-OH is 1. The number of carbonyl (C=O) groups excluding carboxylic acids is 1. The van der Waals surface area contributed by atoms with Gasteiger partial charge in [0.05, 0.1) is 12.3 Å². The zero-order valence-corrected chi connectivity index (χ0v) is 14.3. The van der Waals surface area contributed by atoms with Crippen LogP contribution >= 0.6 is 11.3 Å². The van der Waals surface area contributed by atoms with Gasteiger partial charge in [-0.25, -0.2) is 4.98 Å². The van der Waals surface area contributed by atoms with Gasteiger partial charge in [-0.2, -0.15) is 0 Å². The lowest BCUT2D eigenvalue weighted by Gasteiger charge is -2.37. The van der Waals surface area contributed by atoms with Crippen molar-refractivity contribution < 1.29 is 14.6 Å². The predicted molar refractivity (Wildman–Crippen MR) is 87.1 cm³/mol. The highest BCUT2D eigenvalue weighted by Gasteiger charge is 2.32. The molecule has 1 aliphatic carbocycles. The largest absolute Gasteiger partial charge is 0.396 e. The van der Waals surface area contributed by atoms with Gasteiger partial charge in [0.15, 0.2) is 0 Å². The molecule has 1 aromatic rings. The van der Waals surface area contributed by atoms with Crippen molar-refractivity contribution in [1.29, 1.82) is 0 Å². The number of carbonyl (C=O) groups is 1. The molecule has 124 valence electrons. The fourth-order valence-corrected chi connectivity index (χ4v) is 4.20. The third kappa shape index (κ3) is 4.27. The summed E-state index contributed by atoms with van der Waals surface area (Å²) in [4.78, 5) is 17.5. The average Bonchev–Trinajstić information content (AvgIpc) is 2.87. The summed E-state index contributed by atoms with van der Waals surface area (Å²) in [6.45, 7) is 3.12. The van der Waals surface area contributed by atoms with Crippen LogP contribution in [0.25, 0.3) is 0 Å². The molecule has 0 bridgehead atoms. The van der Waals surface area contributed by atoms with Crippen molar-refractivity contribution in [3.8, 4) is 0 Å².